The van der Waals surface area contributed by atoms with Crippen LogP contribution in [-0.4, -0.2) is 35.8 Å². The molecule has 4 aromatic carbocycles. The molecule has 0 aromatic heterocycles. The van der Waals surface area contributed by atoms with E-state index in [4.69, 9.17) is 0 Å². The first-order valence-corrected chi connectivity index (χ1v) is 20.8. The molecule has 0 unspecified atom stereocenters. The summed E-state index contributed by atoms with van der Waals surface area (Å²) in [5.74, 6) is 0.163. The van der Waals surface area contributed by atoms with Crippen LogP contribution in [0.4, 0.5) is 11.4 Å². The molecule has 6 rings (SSSR count). The summed E-state index contributed by atoms with van der Waals surface area (Å²) in [7, 11) is 0. The molecule has 0 radical (unpaired) electrons. The molecule has 4 heteroatoms. The second kappa shape index (κ2) is 17.0. The molecule has 1 amide bonds. The zero-order chi connectivity index (χ0) is 39.2. The van der Waals surface area contributed by atoms with Crippen LogP contribution >= 0.6 is 0 Å². The molecule has 2 aliphatic rings. The monoisotopic (exact) mass is 735 g/mol. The van der Waals surface area contributed by atoms with Crippen LogP contribution in [0.25, 0.3) is 21.5 Å². The van der Waals surface area contributed by atoms with Crippen LogP contribution in [0.3, 0.4) is 0 Å². The van der Waals surface area contributed by atoms with Crippen molar-refractivity contribution in [3.63, 3.8) is 0 Å². The number of benzene rings is 4. The van der Waals surface area contributed by atoms with E-state index >= 15 is 0 Å². The number of carbonyl (C=O) groups is 1. The molecule has 0 spiro atoms. The average molecular weight is 735 g/mol. The molecule has 0 saturated carbocycles. The minimum Gasteiger partial charge on any atom is -0.356 e. The van der Waals surface area contributed by atoms with Gasteiger partial charge in [-0.05, 0) is 83.8 Å². The Bertz CT molecular complexity index is 2170. The van der Waals surface area contributed by atoms with Gasteiger partial charge in [0.05, 0.1) is 5.41 Å². The third-order valence-electron chi connectivity index (χ3n) is 11.5. The Morgan fingerprint density at radius 1 is 0.727 bits per heavy atom. The highest BCUT2D eigenvalue weighted by molar-refractivity contribution is 6.07. The first-order valence-electron chi connectivity index (χ1n) is 20.8. The van der Waals surface area contributed by atoms with E-state index in [-0.39, 0.29) is 22.2 Å². The molecule has 4 nitrogen and oxygen atoms in total. The first-order chi connectivity index (χ1) is 26.3. The molecular weight excluding hydrogens is 671 g/mol. The fourth-order valence-electron chi connectivity index (χ4n) is 8.74. The van der Waals surface area contributed by atoms with Gasteiger partial charge in [0.15, 0.2) is 5.71 Å². The number of allylic oxidation sites excluding steroid dienone is 8. The maximum Gasteiger partial charge on any atom is 0.220 e. The van der Waals surface area contributed by atoms with E-state index in [0.29, 0.717) is 13.0 Å². The average Bonchev–Trinajstić information content (AvgIpc) is 3.51. The van der Waals surface area contributed by atoms with Crippen molar-refractivity contribution >= 4 is 44.5 Å². The Kier molecular flexibility index (Phi) is 12.3. The Morgan fingerprint density at radius 3 is 2.09 bits per heavy atom. The van der Waals surface area contributed by atoms with Gasteiger partial charge in [-0.2, -0.15) is 4.58 Å². The number of nitrogens with one attached hydrogen (secondary N) is 1. The predicted octanol–water partition coefficient (Wildman–Crippen LogP) is 12.6. The molecule has 0 bridgehead atoms. The van der Waals surface area contributed by atoms with Crippen LogP contribution in [-0.2, 0) is 15.6 Å². The maximum absolute atomic E-state index is 12.4. The topological polar surface area (TPSA) is 35.4 Å². The fourth-order valence-corrected chi connectivity index (χ4v) is 8.74. The normalized spacial score (nSPS) is 17.2. The van der Waals surface area contributed by atoms with Gasteiger partial charge >= 0.3 is 0 Å². The van der Waals surface area contributed by atoms with Gasteiger partial charge in [-0.1, -0.05) is 139 Å². The molecule has 2 heterocycles. The zero-order valence-electron chi connectivity index (χ0n) is 34.8. The summed E-state index contributed by atoms with van der Waals surface area (Å²) in [6.45, 7) is 20.9. The lowest BCUT2D eigenvalue weighted by atomic mass is 9.79. The number of rotatable bonds is 15. The summed E-state index contributed by atoms with van der Waals surface area (Å²) in [5, 5.41) is 8.38. The summed E-state index contributed by atoms with van der Waals surface area (Å²) in [5.41, 5.74) is 8.04. The molecule has 0 fully saturated rings. The quantitative estimate of drug-likeness (QED) is 0.0750. The molecule has 55 heavy (non-hydrogen) atoms. The Balaban J connectivity index is 1.19. The van der Waals surface area contributed by atoms with Crippen molar-refractivity contribution in [2.75, 3.05) is 24.5 Å². The molecule has 2 aliphatic heterocycles. The number of nitrogens with zero attached hydrogens (tertiary/aromatic N) is 2. The van der Waals surface area contributed by atoms with E-state index in [1.165, 1.54) is 74.7 Å². The van der Waals surface area contributed by atoms with Crippen molar-refractivity contribution in [2.24, 2.45) is 5.41 Å². The third kappa shape index (κ3) is 8.75. The molecule has 4 aromatic rings. The largest absolute Gasteiger partial charge is 0.356 e. The number of amides is 1. The smallest absolute Gasteiger partial charge is 0.220 e. The van der Waals surface area contributed by atoms with Crippen molar-refractivity contribution in [3.8, 4) is 0 Å². The van der Waals surface area contributed by atoms with Crippen LogP contribution < -0.4 is 10.2 Å². The van der Waals surface area contributed by atoms with Crippen molar-refractivity contribution in [2.45, 2.75) is 111 Å². The Morgan fingerprint density at radius 2 is 1.38 bits per heavy atom. The number of carbonyl (C=O) groups excluding carboxylic acids is 1. The van der Waals surface area contributed by atoms with E-state index in [9.17, 15) is 4.79 Å². The van der Waals surface area contributed by atoms with Gasteiger partial charge in [0.25, 0.3) is 0 Å². The Hall–Kier alpha value is -4.70. The molecule has 288 valence electrons. The van der Waals surface area contributed by atoms with Crippen LogP contribution in [0, 0.1) is 5.41 Å². The molecule has 1 N–H and O–H groups in total. The van der Waals surface area contributed by atoms with Gasteiger partial charge in [0.1, 0.15) is 6.54 Å². The number of hydrogen-bond acceptors (Lipinski definition) is 2. The fraction of sp³-hybridized carbons (Fsp3) is 0.412. The number of anilines is 1. The van der Waals surface area contributed by atoms with E-state index in [1.54, 1.807) is 0 Å². The minimum absolute atomic E-state index is 0.0949. The second-order valence-corrected chi connectivity index (χ2v) is 17.8. The summed E-state index contributed by atoms with van der Waals surface area (Å²) in [6, 6.07) is 26.8. The number of unbranched alkanes of at least 4 members (excludes halogenated alkanes) is 4. The van der Waals surface area contributed by atoms with E-state index in [2.05, 4.69) is 186 Å². The van der Waals surface area contributed by atoms with Crippen molar-refractivity contribution in [3.05, 3.63) is 132 Å². The van der Waals surface area contributed by atoms with Crippen molar-refractivity contribution in [1.82, 2.24) is 5.32 Å². The lowest BCUT2D eigenvalue weighted by Crippen LogP contribution is -2.32. The second-order valence-electron chi connectivity index (χ2n) is 17.8. The van der Waals surface area contributed by atoms with E-state index in [1.807, 2.05) is 0 Å². The van der Waals surface area contributed by atoms with Crippen LogP contribution in [0.5, 0.6) is 0 Å². The lowest BCUT2D eigenvalue weighted by molar-refractivity contribution is -0.438. The highest BCUT2D eigenvalue weighted by Crippen LogP contribution is 2.51. The minimum atomic E-state index is -0.151. The van der Waals surface area contributed by atoms with E-state index < -0.39 is 0 Å². The molecule has 0 atom stereocenters. The zero-order valence-corrected chi connectivity index (χ0v) is 34.8. The maximum atomic E-state index is 12.4. The van der Waals surface area contributed by atoms with Gasteiger partial charge in [0, 0.05) is 60.4 Å². The van der Waals surface area contributed by atoms with Gasteiger partial charge in [-0.15, -0.1) is 0 Å². The van der Waals surface area contributed by atoms with Crippen molar-refractivity contribution < 1.29 is 9.37 Å². The first kappa shape index (κ1) is 40.0. The van der Waals surface area contributed by atoms with Gasteiger partial charge in [0.2, 0.25) is 11.6 Å². The lowest BCUT2D eigenvalue weighted by Gasteiger charge is -2.27. The van der Waals surface area contributed by atoms with Gasteiger partial charge in [-0.3, -0.25) is 4.79 Å². The number of hydrogen-bond donors (Lipinski definition) is 1. The summed E-state index contributed by atoms with van der Waals surface area (Å²) >= 11 is 0. The predicted molar refractivity (Wildman–Crippen MR) is 237 cm³/mol. The number of fused-ring (bicyclic) bond motifs is 6. The summed E-state index contributed by atoms with van der Waals surface area (Å²) in [4.78, 5) is 15.0. The highest BCUT2D eigenvalue weighted by atomic mass is 16.1. The van der Waals surface area contributed by atoms with Crippen LogP contribution in [0.1, 0.15) is 111 Å². The van der Waals surface area contributed by atoms with Gasteiger partial charge in [-0.25, -0.2) is 0 Å². The highest BCUT2D eigenvalue weighted by Gasteiger charge is 2.45. The Labute approximate surface area is 331 Å². The van der Waals surface area contributed by atoms with Crippen LogP contribution in [0.2, 0.25) is 0 Å². The van der Waals surface area contributed by atoms with E-state index in [0.717, 1.165) is 32.4 Å². The standard InChI is InChI=1S/C51H63N3O/c1-9-10-22-35-53-42-33-31-38-24-18-20-26-40(38)47(42)50(5,6)44(53)28-15-12-11-13-16-29-45-51(7,8)48-41-27-21-19-25-39(41)32-34-43(48)54(45)36-23-14-17-30-46(55)52-37-49(2,3)4/h11-13,15-16,18-21,24-29,31-34H,9-10,14,17,22-23,30,35-37H2,1-8H3/p+1. The van der Waals surface area contributed by atoms with Gasteiger partial charge < -0.3 is 10.2 Å². The molecule has 0 saturated heterocycles. The van der Waals surface area contributed by atoms with Crippen molar-refractivity contribution in [1.29, 1.82) is 0 Å². The summed E-state index contributed by atoms with van der Waals surface area (Å²) < 4.78 is 2.57. The molecular formula is C51H64N3O+. The van der Waals surface area contributed by atoms with Crippen LogP contribution in [0.15, 0.2) is 121 Å². The summed E-state index contributed by atoms with van der Waals surface area (Å²) in [6.07, 6.45) is 22.7. The molecule has 0 aliphatic carbocycles. The SMILES string of the molecule is CCCCC[N+]1=C(/C=C/C=C/C=C/C=C2/N(CCCCCC(=O)NCC(C)(C)C)c3ccc4ccccc4c3C2(C)C)C(C)(C)c2c1ccc1ccccc21. The third-order valence-corrected chi connectivity index (χ3v) is 11.5.